The molecule has 4 nitrogen and oxygen atoms in total. The van der Waals surface area contributed by atoms with E-state index in [1.165, 1.54) is 0 Å². The molecular weight excluding hydrogens is 306 g/mol. The molecule has 2 rings (SSSR count). The minimum Gasteiger partial charge on any atom is -0.329 e. The van der Waals surface area contributed by atoms with Gasteiger partial charge in [-0.1, -0.05) is 15.9 Å². The second kappa shape index (κ2) is 7.03. The van der Waals surface area contributed by atoms with Crippen LogP contribution in [0.25, 0.3) is 0 Å². The Hall–Kier alpha value is -0.910. The van der Waals surface area contributed by atoms with Gasteiger partial charge in [0.1, 0.15) is 0 Å². The molecule has 1 aliphatic heterocycles. The molecule has 5 heteroatoms. The molecule has 3 N–H and O–H groups in total. The average Bonchev–Trinajstić information content (AvgIpc) is 2.42. The van der Waals surface area contributed by atoms with Crippen molar-refractivity contribution in [2.75, 3.05) is 31.5 Å². The summed E-state index contributed by atoms with van der Waals surface area (Å²) >= 11 is 3.38. The predicted molar refractivity (Wildman–Crippen MR) is 81.0 cm³/mol. The van der Waals surface area contributed by atoms with Gasteiger partial charge >= 0.3 is 0 Å². The van der Waals surface area contributed by atoms with Gasteiger partial charge in [-0.15, -0.1) is 0 Å². The smallest absolute Gasteiger partial charge is 0.227 e. The quantitative estimate of drug-likeness (QED) is 0.890. The third kappa shape index (κ3) is 4.30. The summed E-state index contributed by atoms with van der Waals surface area (Å²) in [4.78, 5) is 14.5. The van der Waals surface area contributed by atoms with Crippen molar-refractivity contribution in [2.45, 2.75) is 12.8 Å². The molecule has 1 aromatic carbocycles. The molecule has 1 fully saturated rings. The number of halogens is 1. The normalized spacial score (nSPS) is 17.4. The molecule has 1 aromatic rings. The number of piperidine rings is 1. The van der Waals surface area contributed by atoms with Gasteiger partial charge in [0.2, 0.25) is 5.91 Å². The summed E-state index contributed by atoms with van der Waals surface area (Å²) in [5.41, 5.74) is 6.40. The lowest BCUT2D eigenvalue weighted by Gasteiger charge is -2.30. The van der Waals surface area contributed by atoms with E-state index in [1.807, 2.05) is 24.3 Å². The fraction of sp³-hybridized carbons (Fsp3) is 0.500. The highest BCUT2D eigenvalue weighted by atomic mass is 79.9. The number of benzene rings is 1. The van der Waals surface area contributed by atoms with Crippen LogP contribution in [-0.4, -0.2) is 37.0 Å². The first-order chi connectivity index (χ1) is 9.19. The van der Waals surface area contributed by atoms with Crippen molar-refractivity contribution in [3.63, 3.8) is 0 Å². The summed E-state index contributed by atoms with van der Waals surface area (Å²) in [5, 5.41) is 2.98. The maximum atomic E-state index is 12.2. The van der Waals surface area contributed by atoms with Crippen LogP contribution >= 0.6 is 15.9 Å². The zero-order valence-corrected chi connectivity index (χ0v) is 12.5. The fourth-order valence-corrected chi connectivity index (χ4v) is 2.64. The molecule has 104 valence electrons. The Bertz CT molecular complexity index is 413. The maximum Gasteiger partial charge on any atom is 0.227 e. The molecule has 0 saturated carbocycles. The van der Waals surface area contributed by atoms with Gasteiger partial charge in [-0.2, -0.15) is 0 Å². The van der Waals surface area contributed by atoms with Crippen molar-refractivity contribution in [3.8, 4) is 0 Å². The van der Waals surface area contributed by atoms with Crippen LogP contribution in [0.1, 0.15) is 12.8 Å². The van der Waals surface area contributed by atoms with E-state index in [2.05, 4.69) is 26.1 Å². The largest absolute Gasteiger partial charge is 0.329 e. The second-order valence-corrected chi connectivity index (χ2v) is 5.82. The molecule has 0 aromatic heterocycles. The van der Waals surface area contributed by atoms with Crippen LogP contribution in [0.2, 0.25) is 0 Å². The first kappa shape index (κ1) is 14.5. The zero-order valence-electron chi connectivity index (χ0n) is 10.9. The SMILES string of the molecule is NCCN1CCC(C(=O)Nc2ccc(Br)cc2)CC1. The number of nitrogens with zero attached hydrogens (tertiary/aromatic N) is 1. The number of hydrogen-bond donors (Lipinski definition) is 2. The molecule has 0 radical (unpaired) electrons. The lowest BCUT2D eigenvalue weighted by atomic mass is 9.96. The van der Waals surface area contributed by atoms with Crippen molar-refractivity contribution in [3.05, 3.63) is 28.7 Å². The molecular formula is C14H20BrN3O. The van der Waals surface area contributed by atoms with Gasteiger partial charge in [-0.05, 0) is 50.2 Å². The standard InChI is InChI=1S/C14H20BrN3O/c15-12-1-3-13(4-2-12)17-14(19)11-5-8-18(9-6-11)10-7-16/h1-4,11H,5-10,16H2,(H,17,19). The van der Waals surface area contributed by atoms with Crippen molar-refractivity contribution in [2.24, 2.45) is 11.7 Å². The highest BCUT2D eigenvalue weighted by Gasteiger charge is 2.24. The summed E-state index contributed by atoms with van der Waals surface area (Å²) < 4.78 is 1.01. The van der Waals surface area contributed by atoms with Crippen LogP contribution < -0.4 is 11.1 Å². The van der Waals surface area contributed by atoms with Gasteiger partial charge in [0.25, 0.3) is 0 Å². The Kier molecular flexibility index (Phi) is 5.36. The van der Waals surface area contributed by atoms with Gasteiger partial charge in [0.15, 0.2) is 0 Å². The van der Waals surface area contributed by atoms with Gasteiger partial charge in [0.05, 0.1) is 0 Å². The maximum absolute atomic E-state index is 12.2. The van der Waals surface area contributed by atoms with Crippen molar-refractivity contribution >= 4 is 27.5 Å². The molecule has 0 bridgehead atoms. The number of rotatable bonds is 4. The van der Waals surface area contributed by atoms with E-state index in [0.29, 0.717) is 6.54 Å². The first-order valence-corrected chi connectivity index (χ1v) is 7.47. The van der Waals surface area contributed by atoms with Gasteiger partial charge < -0.3 is 16.0 Å². The molecule has 1 saturated heterocycles. The molecule has 0 unspecified atom stereocenters. The summed E-state index contributed by atoms with van der Waals surface area (Å²) in [6.07, 6.45) is 1.84. The number of amides is 1. The summed E-state index contributed by atoms with van der Waals surface area (Å²) in [7, 11) is 0. The van der Waals surface area contributed by atoms with E-state index in [-0.39, 0.29) is 11.8 Å². The van der Waals surface area contributed by atoms with Crippen molar-refractivity contribution in [1.29, 1.82) is 0 Å². The highest BCUT2D eigenvalue weighted by Crippen LogP contribution is 2.20. The lowest BCUT2D eigenvalue weighted by molar-refractivity contribution is -0.121. The number of likely N-dealkylation sites (tertiary alicyclic amines) is 1. The number of nitrogens with one attached hydrogen (secondary N) is 1. The molecule has 1 heterocycles. The van der Waals surface area contributed by atoms with Crippen molar-refractivity contribution < 1.29 is 4.79 Å². The molecule has 19 heavy (non-hydrogen) atoms. The van der Waals surface area contributed by atoms with Crippen LogP contribution in [0.4, 0.5) is 5.69 Å². The molecule has 0 spiro atoms. The number of carbonyl (C=O) groups is 1. The summed E-state index contributed by atoms with van der Waals surface area (Å²) in [6.45, 7) is 3.56. The van der Waals surface area contributed by atoms with E-state index in [9.17, 15) is 4.79 Å². The third-order valence-corrected chi connectivity index (χ3v) is 4.04. The monoisotopic (exact) mass is 325 g/mol. The number of hydrogen-bond acceptors (Lipinski definition) is 3. The Labute approximate surface area is 122 Å². The second-order valence-electron chi connectivity index (χ2n) is 4.90. The third-order valence-electron chi connectivity index (χ3n) is 3.52. The van der Waals surface area contributed by atoms with E-state index >= 15 is 0 Å². The topological polar surface area (TPSA) is 58.4 Å². The van der Waals surface area contributed by atoms with Crippen LogP contribution in [0, 0.1) is 5.92 Å². The minimum absolute atomic E-state index is 0.123. The van der Waals surface area contributed by atoms with E-state index in [4.69, 9.17) is 5.73 Å². The van der Waals surface area contributed by atoms with E-state index in [0.717, 1.165) is 42.6 Å². The summed E-state index contributed by atoms with van der Waals surface area (Å²) in [6, 6.07) is 7.68. The predicted octanol–water partition coefficient (Wildman–Crippen LogP) is 2.06. The van der Waals surface area contributed by atoms with E-state index in [1.54, 1.807) is 0 Å². The number of nitrogens with two attached hydrogens (primary N) is 1. The Morgan fingerprint density at radius 3 is 2.53 bits per heavy atom. The fourth-order valence-electron chi connectivity index (χ4n) is 2.38. The lowest BCUT2D eigenvalue weighted by Crippen LogP contribution is -2.40. The highest BCUT2D eigenvalue weighted by molar-refractivity contribution is 9.10. The van der Waals surface area contributed by atoms with Gasteiger partial charge in [-0.3, -0.25) is 4.79 Å². The van der Waals surface area contributed by atoms with Gasteiger partial charge in [-0.25, -0.2) is 0 Å². The van der Waals surface area contributed by atoms with Crippen LogP contribution in [0.15, 0.2) is 28.7 Å². The van der Waals surface area contributed by atoms with Crippen LogP contribution in [-0.2, 0) is 4.79 Å². The molecule has 1 amide bonds. The minimum atomic E-state index is 0.123. The Balaban J connectivity index is 1.83. The zero-order chi connectivity index (χ0) is 13.7. The summed E-state index contributed by atoms with van der Waals surface area (Å²) in [5.74, 6) is 0.257. The van der Waals surface area contributed by atoms with E-state index < -0.39 is 0 Å². The van der Waals surface area contributed by atoms with Crippen molar-refractivity contribution in [1.82, 2.24) is 4.90 Å². The molecule has 1 aliphatic rings. The van der Waals surface area contributed by atoms with Crippen LogP contribution in [0.3, 0.4) is 0 Å². The number of anilines is 1. The Morgan fingerprint density at radius 2 is 1.95 bits per heavy atom. The van der Waals surface area contributed by atoms with Crippen LogP contribution in [0.5, 0.6) is 0 Å². The average molecular weight is 326 g/mol. The van der Waals surface area contributed by atoms with Gasteiger partial charge in [0, 0.05) is 29.2 Å². The molecule has 0 aliphatic carbocycles. The number of carbonyl (C=O) groups excluding carboxylic acids is 1. The Morgan fingerprint density at radius 1 is 1.32 bits per heavy atom. The molecule has 0 atom stereocenters. The first-order valence-electron chi connectivity index (χ1n) is 6.68.